The highest BCUT2D eigenvalue weighted by Crippen LogP contribution is 2.30. The van der Waals surface area contributed by atoms with Crippen molar-refractivity contribution in [3.8, 4) is 0 Å². The van der Waals surface area contributed by atoms with Crippen LogP contribution < -0.4 is 16.0 Å². The van der Waals surface area contributed by atoms with Crippen LogP contribution in [0.3, 0.4) is 0 Å². The molecule has 0 aliphatic carbocycles. The minimum absolute atomic E-state index is 0.389. The highest BCUT2D eigenvalue weighted by Gasteiger charge is 2.28. The van der Waals surface area contributed by atoms with Gasteiger partial charge >= 0.3 is 0 Å². The van der Waals surface area contributed by atoms with Crippen LogP contribution in [0.5, 0.6) is 0 Å². The molecule has 3 rings (SSSR count). The number of hydrogen-bond acceptors (Lipinski definition) is 3. The highest BCUT2D eigenvalue weighted by molar-refractivity contribution is 9.10. The fourth-order valence-corrected chi connectivity index (χ4v) is 4.14. The Morgan fingerprint density at radius 2 is 2.05 bits per heavy atom. The molecular formula is C16H22BrN3O. The number of nitrogens with one attached hydrogen (secondary N) is 1. The first-order valence-corrected chi connectivity index (χ1v) is 8.52. The lowest BCUT2D eigenvalue weighted by molar-refractivity contribution is 0.0999. The van der Waals surface area contributed by atoms with Crippen LogP contribution in [0.25, 0.3) is 0 Å². The minimum atomic E-state index is -0.389. The number of anilines is 1. The van der Waals surface area contributed by atoms with Gasteiger partial charge in [0.05, 0.1) is 5.56 Å². The van der Waals surface area contributed by atoms with Crippen LogP contribution >= 0.6 is 15.9 Å². The zero-order chi connectivity index (χ0) is 14.8. The average Bonchev–Trinajstić information content (AvgIpc) is 3.01. The quantitative estimate of drug-likeness (QED) is 0.879. The van der Waals surface area contributed by atoms with Gasteiger partial charge in [-0.2, -0.15) is 0 Å². The van der Waals surface area contributed by atoms with Gasteiger partial charge in [-0.3, -0.25) is 4.79 Å². The number of amides is 1. The fraction of sp³-hybridized carbons (Fsp3) is 0.562. The molecule has 1 unspecified atom stereocenters. The molecule has 5 heteroatoms. The van der Waals surface area contributed by atoms with Gasteiger partial charge in [0.15, 0.2) is 0 Å². The largest absolute Gasteiger partial charge is 0.371 e. The smallest absolute Gasteiger partial charge is 0.249 e. The number of halogens is 1. The summed E-state index contributed by atoms with van der Waals surface area (Å²) >= 11 is 3.44. The third kappa shape index (κ3) is 3.24. The summed E-state index contributed by atoms with van der Waals surface area (Å²) in [6, 6.07) is 6.55. The Labute approximate surface area is 134 Å². The number of benzene rings is 1. The van der Waals surface area contributed by atoms with E-state index < -0.39 is 0 Å². The molecule has 21 heavy (non-hydrogen) atoms. The molecule has 2 fully saturated rings. The van der Waals surface area contributed by atoms with Gasteiger partial charge in [0.2, 0.25) is 5.91 Å². The first kappa shape index (κ1) is 14.9. The summed E-state index contributed by atoms with van der Waals surface area (Å²) in [7, 11) is 0. The molecule has 1 amide bonds. The van der Waals surface area contributed by atoms with Crippen molar-refractivity contribution in [1.29, 1.82) is 0 Å². The number of piperidine rings is 1. The Morgan fingerprint density at radius 1 is 1.29 bits per heavy atom. The van der Waals surface area contributed by atoms with Gasteiger partial charge in [-0.15, -0.1) is 0 Å². The number of carbonyl (C=O) groups is 1. The number of rotatable bonds is 3. The van der Waals surface area contributed by atoms with Crippen molar-refractivity contribution in [2.45, 2.75) is 31.7 Å². The Balaban J connectivity index is 1.64. The molecule has 0 bridgehead atoms. The van der Waals surface area contributed by atoms with Gasteiger partial charge in [-0.1, -0.05) is 0 Å². The zero-order valence-corrected chi connectivity index (χ0v) is 13.7. The van der Waals surface area contributed by atoms with Crippen LogP contribution in [0.2, 0.25) is 0 Å². The van der Waals surface area contributed by atoms with Crippen molar-refractivity contribution in [3.05, 3.63) is 28.2 Å². The molecule has 0 aromatic heterocycles. The topological polar surface area (TPSA) is 58.4 Å². The highest BCUT2D eigenvalue weighted by atomic mass is 79.9. The molecule has 4 nitrogen and oxygen atoms in total. The molecule has 0 spiro atoms. The van der Waals surface area contributed by atoms with Crippen molar-refractivity contribution in [3.63, 3.8) is 0 Å². The van der Waals surface area contributed by atoms with Gasteiger partial charge in [-0.05, 0) is 72.3 Å². The minimum Gasteiger partial charge on any atom is -0.371 e. The summed E-state index contributed by atoms with van der Waals surface area (Å²) in [5, 5.41) is 3.63. The van der Waals surface area contributed by atoms with Gasteiger partial charge < -0.3 is 16.0 Å². The van der Waals surface area contributed by atoms with E-state index in [4.69, 9.17) is 5.73 Å². The lowest BCUT2D eigenvalue weighted by Gasteiger charge is -2.36. The summed E-state index contributed by atoms with van der Waals surface area (Å²) in [5.41, 5.74) is 7.06. The maximum Gasteiger partial charge on any atom is 0.249 e. The van der Waals surface area contributed by atoms with E-state index in [1.807, 2.05) is 18.2 Å². The summed E-state index contributed by atoms with van der Waals surface area (Å²) in [4.78, 5) is 13.7. The van der Waals surface area contributed by atoms with Crippen LogP contribution in [0.4, 0.5) is 5.69 Å². The first-order valence-electron chi connectivity index (χ1n) is 7.73. The number of nitrogens with two attached hydrogens (primary N) is 1. The van der Waals surface area contributed by atoms with Crippen LogP contribution in [-0.4, -0.2) is 31.6 Å². The van der Waals surface area contributed by atoms with E-state index in [0.717, 1.165) is 29.5 Å². The van der Waals surface area contributed by atoms with E-state index in [1.165, 1.54) is 37.9 Å². The summed E-state index contributed by atoms with van der Waals surface area (Å²) in [6.07, 6.45) is 5.15. The second-order valence-electron chi connectivity index (χ2n) is 6.06. The maximum atomic E-state index is 11.3. The van der Waals surface area contributed by atoms with Gasteiger partial charge in [0, 0.05) is 29.3 Å². The van der Waals surface area contributed by atoms with Crippen molar-refractivity contribution >= 4 is 27.5 Å². The van der Waals surface area contributed by atoms with Crippen LogP contribution in [0.15, 0.2) is 22.7 Å². The Kier molecular flexibility index (Phi) is 4.50. The van der Waals surface area contributed by atoms with E-state index in [-0.39, 0.29) is 5.91 Å². The lowest BCUT2D eigenvalue weighted by atomic mass is 9.88. The second kappa shape index (κ2) is 6.36. The fourth-order valence-electron chi connectivity index (χ4n) is 3.57. The molecule has 1 aromatic carbocycles. The predicted octanol–water partition coefficient (Wildman–Crippen LogP) is 2.52. The molecule has 0 radical (unpaired) electrons. The average molecular weight is 352 g/mol. The Bertz CT molecular complexity index is 520. The third-order valence-electron chi connectivity index (χ3n) is 4.79. The molecule has 3 N–H and O–H groups in total. The van der Waals surface area contributed by atoms with E-state index in [0.29, 0.717) is 5.56 Å². The second-order valence-corrected chi connectivity index (χ2v) is 6.91. The molecule has 1 atom stereocenters. The van der Waals surface area contributed by atoms with Gasteiger partial charge in [0.1, 0.15) is 0 Å². The Morgan fingerprint density at radius 3 is 2.62 bits per heavy atom. The number of nitrogens with zero attached hydrogens (tertiary/aromatic N) is 1. The summed E-state index contributed by atoms with van der Waals surface area (Å²) in [5.74, 6) is 0.427. The molecule has 114 valence electrons. The molecule has 2 heterocycles. The van der Waals surface area contributed by atoms with Gasteiger partial charge in [0.25, 0.3) is 0 Å². The number of carbonyl (C=O) groups excluding carboxylic acids is 1. The summed E-state index contributed by atoms with van der Waals surface area (Å²) < 4.78 is 0.784. The van der Waals surface area contributed by atoms with E-state index in [2.05, 4.69) is 26.1 Å². The summed E-state index contributed by atoms with van der Waals surface area (Å²) in [6.45, 7) is 3.36. The number of hydrogen-bond donors (Lipinski definition) is 2. The van der Waals surface area contributed by atoms with Gasteiger partial charge in [-0.25, -0.2) is 0 Å². The Hall–Kier alpha value is -1.07. The molecule has 2 aliphatic heterocycles. The monoisotopic (exact) mass is 351 g/mol. The first-order chi connectivity index (χ1) is 10.1. The van der Waals surface area contributed by atoms with Crippen LogP contribution in [-0.2, 0) is 0 Å². The van der Waals surface area contributed by atoms with Crippen LogP contribution in [0.1, 0.15) is 36.0 Å². The molecular weight excluding hydrogens is 330 g/mol. The van der Waals surface area contributed by atoms with Crippen molar-refractivity contribution < 1.29 is 4.79 Å². The normalized spacial score (nSPS) is 23.5. The van der Waals surface area contributed by atoms with Crippen LogP contribution in [0, 0.1) is 5.92 Å². The van der Waals surface area contributed by atoms with E-state index >= 15 is 0 Å². The SMILES string of the molecule is NC(=O)c1ccc(N2CCC(C3CCCN3)CC2)cc1Br. The van der Waals surface area contributed by atoms with Crippen molar-refractivity contribution in [2.24, 2.45) is 11.7 Å². The molecule has 2 aliphatic rings. The van der Waals surface area contributed by atoms with E-state index in [1.54, 1.807) is 0 Å². The standard InChI is InChI=1S/C16H22BrN3O/c17-14-10-12(3-4-13(14)16(18)21)20-8-5-11(6-9-20)15-2-1-7-19-15/h3-4,10-11,15,19H,1-2,5-9H2,(H2,18,21). The number of primary amides is 1. The van der Waals surface area contributed by atoms with E-state index in [9.17, 15) is 4.79 Å². The lowest BCUT2D eigenvalue weighted by Crippen LogP contribution is -2.40. The molecule has 2 saturated heterocycles. The predicted molar refractivity (Wildman–Crippen MR) is 88.6 cm³/mol. The maximum absolute atomic E-state index is 11.3. The van der Waals surface area contributed by atoms with Crippen molar-refractivity contribution in [2.75, 3.05) is 24.5 Å². The molecule has 0 saturated carbocycles. The third-order valence-corrected chi connectivity index (χ3v) is 5.45. The van der Waals surface area contributed by atoms with Crippen molar-refractivity contribution in [1.82, 2.24) is 5.32 Å². The molecule has 1 aromatic rings. The zero-order valence-electron chi connectivity index (χ0n) is 12.1.